The highest BCUT2D eigenvalue weighted by atomic mass is 14.8. The highest BCUT2D eigenvalue weighted by molar-refractivity contribution is 5.20. The van der Waals surface area contributed by atoms with Crippen LogP contribution in [0, 0.1) is 0 Å². The topological polar surface area (TPSA) is 25.8 Å². The number of rotatable bonds is 4. The number of hydrogen-bond donors (Lipinski definition) is 0. The van der Waals surface area contributed by atoms with Crippen molar-refractivity contribution in [3.8, 4) is 0 Å². The predicted molar refractivity (Wildman–Crippen MR) is 89.6 cm³/mol. The smallest absolute Gasteiger partial charge is 0.0652 e. The number of hydrogen-bond acceptors (Lipinski definition) is 2. The van der Waals surface area contributed by atoms with Gasteiger partial charge in [-0.3, -0.25) is 9.97 Å². The summed E-state index contributed by atoms with van der Waals surface area (Å²) in [6.07, 6.45) is 18.4. The fraction of sp³-hybridized carbons (Fsp3) is 0.789. The van der Waals surface area contributed by atoms with E-state index in [1.165, 1.54) is 82.0 Å². The molecule has 1 aromatic heterocycles. The maximum absolute atomic E-state index is 4.79. The van der Waals surface area contributed by atoms with Gasteiger partial charge in [-0.2, -0.15) is 0 Å². The number of fused-ring (bicyclic) bond motifs is 1. The van der Waals surface area contributed by atoms with E-state index in [0.29, 0.717) is 11.8 Å². The fourth-order valence-electron chi connectivity index (χ4n) is 3.83. The van der Waals surface area contributed by atoms with Gasteiger partial charge in [-0.25, -0.2) is 0 Å². The molecule has 0 aromatic carbocycles. The van der Waals surface area contributed by atoms with Gasteiger partial charge in [0.15, 0.2) is 0 Å². The van der Waals surface area contributed by atoms with Gasteiger partial charge < -0.3 is 0 Å². The maximum atomic E-state index is 4.79. The zero-order chi connectivity index (χ0) is 14.9. The number of nitrogens with zero attached hydrogens (tertiary/aromatic N) is 2. The van der Waals surface area contributed by atoms with Crippen molar-refractivity contribution in [1.82, 2.24) is 9.97 Å². The summed E-state index contributed by atoms with van der Waals surface area (Å²) in [5, 5.41) is 0. The van der Waals surface area contributed by atoms with Crippen molar-refractivity contribution in [3.05, 3.63) is 23.8 Å². The largest absolute Gasteiger partial charge is 0.257 e. The lowest BCUT2D eigenvalue weighted by atomic mass is 9.86. The molecule has 118 valence electrons. The molecular weight excluding hydrogens is 256 g/mol. The monoisotopic (exact) mass is 288 g/mol. The Balaban J connectivity index is 2.29. The van der Waals surface area contributed by atoms with Gasteiger partial charge in [0, 0.05) is 24.2 Å². The van der Waals surface area contributed by atoms with Crippen LogP contribution in [0.4, 0.5) is 0 Å². The third kappa shape index (κ3) is 4.79. The summed E-state index contributed by atoms with van der Waals surface area (Å²) in [7, 11) is 0. The minimum Gasteiger partial charge on any atom is -0.257 e. The Kier molecular flexibility index (Phi) is 7.18. The van der Waals surface area contributed by atoms with Gasteiger partial charge in [-0.1, -0.05) is 58.8 Å². The van der Waals surface area contributed by atoms with E-state index in [9.17, 15) is 0 Å². The molecule has 0 saturated carbocycles. The molecule has 2 nitrogen and oxygen atoms in total. The summed E-state index contributed by atoms with van der Waals surface area (Å²) in [5.74, 6) is 1.27. The molecule has 0 spiro atoms. The third-order valence-electron chi connectivity index (χ3n) is 4.91. The maximum Gasteiger partial charge on any atom is 0.0652 e. The first kappa shape index (κ1) is 16.5. The van der Waals surface area contributed by atoms with E-state index in [0.717, 1.165) is 0 Å². The highest BCUT2D eigenvalue weighted by Gasteiger charge is 2.23. The van der Waals surface area contributed by atoms with Crippen molar-refractivity contribution in [1.29, 1.82) is 0 Å². The molecule has 2 rings (SSSR count). The van der Waals surface area contributed by atoms with E-state index in [2.05, 4.69) is 13.8 Å². The first-order chi connectivity index (χ1) is 10.4. The first-order valence-electron chi connectivity index (χ1n) is 9.17. The Morgan fingerprint density at radius 1 is 0.762 bits per heavy atom. The van der Waals surface area contributed by atoms with Gasteiger partial charge in [0.1, 0.15) is 0 Å². The molecule has 1 aliphatic carbocycles. The number of aromatic nitrogens is 2. The van der Waals surface area contributed by atoms with E-state index in [-0.39, 0.29) is 0 Å². The van der Waals surface area contributed by atoms with Crippen molar-refractivity contribution < 1.29 is 0 Å². The molecule has 2 heteroatoms. The molecular formula is C19H32N2. The van der Waals surface area contributed by atoms with Crippen LogP contribution in [0.3, 0.4) is 0 Å². The minimum absolute atomic E-state index is 0.635. The molecule has 0 saturated heterocycles. The Labute approximate surface area is 130 Å². The minimum atomic E-state index is 0.635. The van der Waals surface area contributed by atoms with Gasteiger partial charge >= 0.3 is 0 Å². The van der Waals surface area contributed by atoms with Crippen LogP contribution in [0.5, 0.6) is 0 Å². The molecule has 0 aliphatic heterocycles. The summed E-state index contributed by atoms with van der Waals surface area (Å²) < 4.78 is 0. The molecule has 1 aliphatic rings. The molecule has 0 fully saturated rings. The summed E-state index contributed by atoms with van der Waals surface area (Å²) in [6.45, 7) is 4.59. The van der Waals surface area contributed by atoms with Gasteiger partial charge in [-0.05, 0) is 25.7 Å². The molecule has 21 heavy (non-hydrogen) atoms. The molecule has 1 heterocycles. The zero-order valence-electron chi connectivity index (χ0n) is 14.0. The molecule has 1 aromatic rings. The van der Waals surface area contributed by atoms with Crippen LogP contribution in [0.2, 0.25) is 0 Å². The quantitative estimate of drug-likeness (QED) is 0.680. The van der Waals surface area contributed by atoms with Crippen LogP contribution in [-0.2, 0) is 0 Å². The lowest BCUT2D eigenvalue weighted by molar-refractivity contribution is 0.502. The highest BCUT2D eigenvalue weighted by Crippen LogP contribution is 2.35. The van der Waals surface area contributed by atoms with E-state index in [1.807, 2.05) is 12.4 Å². The van der Waals surface area contributed by atoms with Crippen LogP contribution >= 0.6 is 0 Å². The second-order valence-corrected chi connectivity index (χ2v) is 6.64. The lowest BCUT2D eigenvalue weighted by Crippen LogP contribution is -2.12. The Morgan fingerprint density at radius 2 is 1.19 bits per heavy atom. The first-order valence-corrected chi connectivity index (χ1v) is 9.17. The van der Waals surface area contributed by atoms with E-state index >= 15 is 0 Å². The lowest BCUT2D eigenvalue weighted by Gasteiger charge is -2.22. The summed E-state index contributed by atoms with van der Waals surface area (Å²) in [5.41, 5.74) is 2.67. The third-order valence-corrected chi connectivity index (χ3v) is 4.91. The van der Waals surface area contributed by atoms with Crippen molar-refractivity contribution >= 4 is 0 Å². The van der Waals surface area contributed by atoms with E-state index in [4.69, 9.17) is 9.97 Å². The SMILES string of the molecule is CCCC1CCCCCCCC(CCC)c2nccnc21. The fourth-order valence-corrected chi connectivity index (χ4v) is 3.83. The second kappa shape index (κ2) is 9.17. The van der Waals surface area contributed by atoms with Crippen LogP contribution < -0.4 is 0 Å². The molecule has 2 unspecified atom stereocenters. The molecule has 0 radical (unpaired) electrons. The second-order valence-electron chi connectivity index (χ2n) is 6.64. The zero-order valence-corrected chi connectivity index (χ0v) is 14.0. The van der Waals surface area contributed by atoms with Gasteiger partial charge in [0.2, 0.25) is 0 Å². The predicted octanol–water partition coefficient (Wildman–Crippen LogP) is 5.99. The Bertz CT molecular complexity index is 365. The van der Waals surface area contributed by atoms with Crippen molar-refractivity contribution in [3.63, 3.8) is 0 Å². The van der Waals surface area contributed by atoms with Crippen LogP contribution in [0.15, 0.2) is 12.4 Å². The van der Waals surface area contributed by atoms with Crippen molar-refractivity contribution in [2.24, 2.45) is 0 Å². The van der Waals surface area contributed by atoms with Gasteiger partial charge in [0.05, 0.1) is 11.4 Å². The summed E-state index contributed by atoms with van der Waals surface area (Å²) >= 11 is 0. The van der Waals surface area contributed by atoms with Crippen molar-refractivity contribution in [2.75, 3.05) is 0 Å². The van der Waals surface area contributed by atoms with Gasteiger partial charge in [0.25, 0.3) is 0 Å². The summed E-state index contributed by atoms with van der Waals surface area (Å²) in [6, 6.07) is 0. The molecule has 0 bridgehead atoms. The van der Waals surface area contributed by atoms with E-state index in [1.54, 1.807) is 0 Å². The average molecular weight is 288 g/mol. The molecule has 2 atom stereocenters. The van der Waals surface area contributed by atoms with Crippen LogP contribution in [0.1, 0.15) is 108 Å². The molecule has 0 amide bonds. The van der Waals surface area contributed by atoms with E-state index < -0.39 is 0 Å². The molecule has 0 N–H and O–H groups in total. The Morgan fingerprint density at radius 3 is 1.62 bits per heavy atom. The van der Waals surface area contributed by atoms with Gasteiger partial charge in [-0.15, -0.1) is 0 Å². The van der Waals surface area contributed by atoms with Crippen LogP contribution in [-0.4, -0.2) is 9.97 Å². The normalized spacial score (nSPS) is 24.1. The Hall–Kier alpha value is -0.920. The van der Waals surface area contributed by atoms with Crippen molar-refractivity contribution in [2.45, 2.75) is 96.3 Å². The summed E-state index contributed by atoms with van der Waals surface area (Å²) in [4.78, 5) is 9.59. The van der Waals surface area contributed by atoms with Crippen LogP contribution in [0.25, 0.3) is 0 Å². The standard InChI is InChI=1S/C19H32N2/c1-3-10-16-12-8-6-5-7-9-13-17(11-4-2)19-18(16)20-14-15-21-19/h14-17H,3-13H2,1-2H3. The average Bonchev–Trinajstić information content (AvgIpc) is 2.54.